The SMILES string of the molecule is COCc1cc2n(n1)C[C@H](C)N(C(=O)CCl)C2. The number of fused-ring (bicyclic) bond motifs is 1. The molecule has 0 saturated carbocycles. The van der Waals surface area contributed by atoms with E-state index >= 15 is 0 Å². The molecular formula is C11H16ClN3O2. The summed E-state index contributed by atoms with van der Waals surface area (Å²) in [5, 5.41) is 4.43. The molecule has 1 aliphatic rings. The molecule has 1 aromatic rings. The van der Waals surface area contributed by atoms with Crippen LogP contribution in [-0.4, -0.2) is 39.6 Å². The van der Waals surface area contributed by atoms with E-state index in [1.54, 1.807) is 12.0 Å². The number of ether oxygens (including phenoxy) is 1. The van der Waals surface area contributed by atoms with Gasteiger partial charge in [-0.25, -0.2) is 0 Å². The first-order valence-electron chi connectivity index (χ1n) is 5.55. The average Bonchev–Trinajstić information content (AvgIpc) is 2.69. The lowest BCUT2D eigenvalue weighted by molar-refractivity contribution is -0.132. The van der Waals surface area contributed by atoms with Crippen molar-refractivity contribution in [2.45, 2.75) is 32.7 Å². The second-order valence-electron chi connectivity index (χ2n) is 4.25. The van der Waals surface area contributed by atoms with Crippen LogP contribution in [-0.2, 0) is 29.2 Å². The van der Waals surface area contributed by atoms with Gasteiger partial charge in [0.1, 0.15) is 5.88 Å². The number of methoxy groups -OCH3 is 1. The molecule has 2 heterocycles. The van der Waals surface area contributed by atoms with E-state index in [0.29, 0.717) is 19.7 Å². The molecule has 6 heteroatoms. The van der Waals surface area contributed by atoms with Crippen LogP contribution in [0.2, 0.25) is 0 Å². The number of nitrogens with zero attached hydrogens (tertiary/aromatic N) is 3. The number of carbonyl (C=O) groups excluding carboxylic acids is 1. The van der Waals surface area contributed by atoms with Gasteiger partial charge in [-0.3, -0.25) is 9.48 Å². The minimum Gasteiger partial charge on any atom is -0.378 e. The molecule has 1 amide bonds. The Hall–Kier alpha value is -1.07. The highest BCUT2D eigenvalue weighted by Gasteiger charge is 2.27. The standard InChI is InChI=1S/C11H16ClN3O2/c1-8-5-15-10(3-9(13-15)7-17-2)6-14(8)11(16)4-12/h3,8H,4-7H2,1-2H3/t8-/m0/s1. The van der Waals surface area contributed by atoms with Crippen LogP contribution in [0, 0.1) is 0 Å². The third-order valence-electron chi connectivity index (χ3n) is 2.94. The normalized spacial score (nSPS) is 19.2. The van der Waals surface area contributed by atoms with E-state index in [-0.39, 0.29) is 17.8 Å². The lowest BCUT2D eigenvalue weighted by Crippen LogP contribution is -2.45. The van der Waals surface area contributed by atoms with Gasteiger partial charge in [0.25, 0.3) is 0 Å². The average molecular weight is 258 g/mol. The molecule has 1 aliphatic heterocycles. The fraction of sp³-hybridized carbons (Fsp3) is 0.636. The lowest BCUT2D eigenvalue weighted by Gasteiger charge is -2.33. The Kier molecular flexibility index (Phi) is 3.69. The summed E-state index contributed by atoms with van der Waals surface area (Å²) in [5.74, 6) is 0.00329. The van der Waals surface area contributed by atoms with Crippen molar-refractivity contribution in [2.24, 2.45) is 0 Å². The summed E-state index contributed by atoms with van der Waals surface area (Å²) >= 11 is 5.60. The molecule has 0 aliphatic carbocycles. The fourth-order valence-electron chi connectivity index (χ4n) is 2.11. The van der Waals surface area contributed by atoms with E-state index in [2.05, 4.69) is 5.10 Å². The van der Waals surface area contributed by atoms with Crippen LogP contribution in [0.15, 0.2) is 6.07 Å². The van der Waals surface area contributed by atoms with Crippen molar-refractivity contribution in [1.29, 1.82) is 0 Å². The largest absolute Gasteiger partial charge is 0.378 e. The fourth-order valence-corrected chi connectivity index (χ4v) is 2.26. The topological polar surface area (TPSA) is 47.4 Å². The van der Waals surface area contributed by atoms with Gasteiger partial charge in [0.05, 0.1) is 31.1 Å². The van der Waals surface area contributed by atoms with Crippen LogP contribution in [0.4, 0.5) is 0 Å². The molecule has 0 bridgehead atoms. The predicted octanol–water partition coefficient (Wildman–Crippen LogP) is 0.999. The molecule has 1 aromatic heterocycles. The van der Waals surface area contributed by atoms with Gasteiger partial charge in [-0.2, -0.15) is 5.10 Å². The molecule has 0 saturated heterocycles. The molecule has 0 radical (unpaired) electrons. The van der Waals surface area contributed by atoms with E-state index in [1.165, 1.54) is 0 Å². The van der Waals surface area contributed by atoms with Gasteiger partial charge < -0.3 is 9.64 Å². The number of hydrogen-bond acceptors (Lipinski definition) is 3. The number of carbonyl (C=O) groups is 1. The Balaban J connectivity index is 2.19. The maximum atomic E-state index is 11.7. The molecule has 1 atom stereocenters. The van der Waals surface area contributed by atoms with Gasteiger partial charge in [0, 0.05) is 13.2 Å². The Morgan fingerprint density at radius 1 is 1.71 bits per heavy atom. The second kappa shape index (κ2) is 5.06. The van der Waals surface area contributed by atoms with Crippen LogP contribution in [0.5, 0.6) is 0 Å². The van der Waals surface area contributed by atoms with Crippen molar-refractivity contribution in [3.8, 4) is 0 Å². The van der Waals surface area contributed by atoms with Gasteiger partial charge in [-0.1, -0.05) is 0 Å². The van der Waals surface area contributed by atoms with E-state index in [9.17, 15) is 4.79 Å². The second-order valence-corrected chi connectivity index (χ2v) is 4.51. The summed E-state index contributed by atoms with van der Waals surface area (Å²) < 4.78 is 6.99. The zero-order chi connectivity index (χ0) is 12.4. The molecular weight excluding hydrogens is 242 g/mol. The van der Waals surface area contributed by atoms with E-state index in [1.807, 2.05) is 17.7 Å². The van der Waals surface area contributed by atoms with Crippen LogP contribution >= 0.6 is 11.6 Å². The zero-order valence-electron chi connectivity index (χ0n) is 10.0. The molecule has 0 unspecified atom stereocenters. The molecule has 17 heavy (non-hydrogen) atoms. The smallest absolute Gasteiger partial charge is 0.238 e. The van der Waals surface area contributed by atoms with Crippen LogP contribution in [0.25, 0.3) is 0 Å². The number of hydrogen-bond donors (Lipinski definition) is 0. The summed E-state index contributed by atoms with van der Waals surface area (Å²) in [6.45, 7) is 3.79. The Labute approximate surface area is 105 Å². The Morgan fingerprint density at radius 3 is 3.12 bits per heavy atom. The molecule has 5 nitrogen and oxygen atoms in total. The van der Waals surface area contributed by atoms with E-state index < -0.39 is 0 Å². The minimum absolute atomic E-state index is 0.0279. The quantitative estimate of drug-likeness (QED) is 0.759. The number of rotatable bonds is 3. The summed E-state index contributed by atoms with van der Waals surface area (Å²) in [6, 6.07) is 2.10. The molecule has 94 valence electrons. The Morgan fingerprint density at radius 2 is 2.47 bits per heavy atom. The van der Waals surface area contributed by atoms with Crippen molar-refractivity contribution in [1.82, 2.24) is 14.7 Å². The summed E-state index contributed by atoms with van der Waals surface area (Å²) in [4.78, 5) is 13.5. The third-order valence-corrected chi connectivity index (χ3v) is 3.17. The molecule has 0 fully saturated rings. The predicted molar refractivity (Wildman–Crippen MR) is 63.7 cm³/mol. The first-order chi connectivity index (χ1) is 8.15. The molecule has 0 spiro atoms. The van der Waals surface area contributed by atoms with Gasteiger partial charge >= 0.3 is 0 Å². The summed E-state index contributed by atoms with van der Waals surface area (Å²) in [6.07, 6.45) is 0. The van der Waals surface area contributed by atoms with Crippen molar-refractivity contribution in [3.63, 3.8) is 0 Å². The maximum Gasteiger partial charge on any atom is 0.238 e. The third kappa shape index (κ3) is 2.45. The maximum absolute atomic E-state index is 11.7. The highest BCUT2D eigenvalue weighted by atomic mass is 35.5. The number of alkyl halides is 1. The highest BCUT2D eigenvalue weighted by molar-refractivity contribution is 6.27. The number of aromatic nitrogens is 2. The summed E-state index contributed by atoms with van der Waals surface area (Å²) in [7, 11) is 1.64. The van der Waals surface area contributed by atoms with Crippen molar-refractivity contribution in [3.05, 3.63) is 17.5 Å². The van der Waals surface area contributed by atoms with Crippen molar-refractivity contribution in [2.75, 3.05) is 13.0 Å². The van der Waals surface area contributed by atoms with Crippen LogP contribution in [0.1, 0.15) is 18.3 Å². The van der Waals surface area contributed by atoms with Gasteiger partial charge in [-0.05, 0) is 13.0 Å². The first kappa shape index (κ1) is 12.4. The lowest BCUT2D eigenvalue weighted by atomic mass is 10.2. The Bertz CT molecular complexity index is 419. The molecule has 0 aromatic carbocycles. The number of halogens is 1. The first-order valence-corrected chi connectivity index (χ1v) is 6.09. The highest BCUT2D eigenvalue weighted by Crippen LogP contribution is 2.19. The van der Waals surface area contributed by atoms with Crippen molar-refractivity contribution >= 4 is 17.5 Å². The monoisotopic (exact) mass is 257 g/mol. The zero-order valence-corrected chi connectivity index (χ0v) is 10.8. The van der Waals surface area contributed by atoms with Crippen molar-refractivity contribution < 1.29 is 9.53 Å². The van der Waals surface area contributed by atoms with Crippen LogP contribution < -0.4 is 0 Å². The van der Waals surface area contributed by atoms with E-state index in [4.69, 9.17) is 16.3 Å². The van der Waals surface area contributed by atoms with Gasteiger partial charge in [0.2, 0.25) is 5.91 Å². The summed E-state index contributed by atoms with van der Waals surface area (Å²) in [5.41, 5.74) is 1.93. The van der Waals surface area contributed by atoms with Gasteiger partial charge in [0.15, 0.2) is 0 Å². The van der Waals surface area contributed by atoms with Crippen LogP contribution in [0.3, 0.4) is 0 Å². The minimum atomic E-state index is -0.0279. The number of amides is 1. The molecule has 0 N–H and O–H groups in total. The molecule has 2 rings (SSSR count). The van der Waals surface area contributed by atoms with Gasteiger partial charge in [-0.15, -0.1) is 11.6 Å². The van der Waals surface area contributed by atoms with E-state index in [0.717, 1.165) is 11.4 Å².